The first kappa shape index (κ1) is 16.6. The lowest BCUT2D eigenvalue weighted by molar-refractivity contribution is -0.119. The van der Waals surface area contributed by atoms with E-state index in [4.69, 9.17) is 9.47 Å². The van der Waals surface area contributed by atoms with Gasteiger partial charge in [-0.25, -0.2) is 8.42 Å². The van der Waals surface area contributed by atoms with Crippen molar-refractivity contribution in [1.82, 2.24) is 4.31 Å². The minimum absolute atomic E-state index is 0.355. The third kappa shape index (κ3) is 3.50. The Morgan fingerprint density at radius 3 is 2.64 bits per heavy atom. The summed E-state index contributed by atoms with van der Waals surface area (Å²) >= 11 is 0. The highest BCUT2D eigenvalue weighted by atomic mass is 32.2. The van der Waals surface area contributed by atoms with E-state index in [1.807, 2.05) is 0 Å². The molecule has 1 atom stereocenters. The van der Waals surface area contributed by atoms with Crippen LogP contribution in [0.2, 0.25) is 0 Å². The summed E-state index contributed by atoms with van der Waals surface area (Å²) in [5.74, 6) is 0.705. The van der Waals surface area contributed by atoms with Gasteiger partial charge in [0.15, 0.2) is 0 Å². The van der Waals surface area contributed by atoms with Gasteiger partial charge < -0.3 is 14.8 Å². The van der Waals surface area contributed by atoms with Crippen LogP contribution in [-0.2, 0) is 14.8 Å². The second kappa shape index (κ2) is 6.53. The van der Waals surface area contributed by atoms with Crippen molar-refractivity contribution in [2.24, 2.45) is 0 Å². The van der Waals surface area contributed by atoms with Gasteiger partial charge in [0, 0.05) is 12.6 Å². The number of hydrogen-bond acceptors (Lipinski definition) is 5. The number of nitrogens with zero attached hydrogens (tertiary/aromatic N) is 1. The lowest BCUT2D eigenvalue weighted by atomic mass is 10.2. The largest absolute Gasteiger partial charge is 0.497 e. The van der Waals surface area contributed by atoms with Gasteiger partial charge in [-0.1, -0.05) is 0 Å². The van der Waals surface area contributed by atoms with Crippen LogP contribution in [0.15, 0.2) is 18.2 Å². The molecular weight excluding hydrogens is 308 g/mol. The predicted molar refractivity (Wildman–Crippen MR) is 82.7 cm³/mol. The van der Waals surface area contributed by atoms with E-state index in [-0.39, 0.29) is 5.91 Å². The summed E-state index contributed by atoms with van der Waals surface area (Å²) in [6.07, 6.45) is 2.30. The summed E-state index contributed by atoms with van der Waals surface area (Å²) in [5, 5.41) is 2.73. The van der Waals surface area contributed by atoms with Crippen LogP contribution in [0.1, 0.15) is 12.8 Å². The number of ether oxygens (including phenoxy) is 2. The summed E-state index contributed by atoms with van der Waals surface area (Å²) in [6.45, 7) is 0.372. The molecule has 0 spiro atoms. The van der Waals surface area contributed by atoms with Crippen LogP contribution in [-0.4, -0.2) is 51.7 Å². The van der Waals surface area contributed by atoms with Gasteiger partial charge in [-0.2, -0.15) is 4.31 Å². The van der Waals surface area contributed by atoms with Crippen LogP contribution in [0.25, 0.3) is 0 Å². The highest BCUT2D eigenvalue weighted by Crippen LogP contribution is 2.30. The molecule has 1 aromatic carbocycles. The third-order valence-corrected chi connectivity index (χ3v) is 4.89. The number of benzene rings is 1. The number of anilines is 1. The summed E-state index contributed by atoms with van der Waals surface area (Å²) < 4.78 is 35.0. The average molecular weight is 328 g/mol. The molecule has 1 N–H and O–H groups in total. The molecule has 7 nitrogen and oxygen atoms in total. The van der Waals surface area contributed by atoms with E-state index in [9.17, 15) is 13.2 Å². The first-order chi connectivity index (χ1) is 10.4. The second-order valence-corrected chi connectivity index (χ2v) is 7.02. The van der Waals surface area contributed by atoms with Crippen molar-refractivity contribution in [2.75, 3.05) is 32.3 Å². The Bertz CT molecular complexity index is 659. The molecule has 1 amide bonds. The minimum Gasteiger partial charge on any atom is -0.497 e. The number of nitrogens with one attached hydrogen (secondary N) is 1. The molecule has 22 heavy (non-hydrogen) atoms. The van der Waals surface area contributed by atoms with E-state index in [2.05, 4.69) is 5.32 Å². The fraction of sp³-hybridized carbons (Fsp3) is 0.500. The van der Waals surface area contributed by atoms with Gasteiger partial charge in [-0.3, -0.25) is 4.79 Å². The molecule has 1 fully saturated rings. The van der Waals surface area contributed by atoms with Crippen molar-refractivity contribution < 1.29 is 22.7 Å². The molecule has 1 aliphatic heterocycles. The van der Waals surface area contributed by atoms with Crippen molar-refractivity contribution in [3.8, 4) is 11.5 Å². The molecule has 0 radical (unpaired) electrons. The van der Waals surface area contributed by atoms with Crippen LogP contribution in [0, 0.1) is 0 Å². The number of amides is 1. The lowest BCUT2D eigenvalue weighted by Crippen LogP contribution is -2.42. The Balaban J connectivity index is 2.18. The maximum absolute atomic E-state index is 12.4. The lowest BCUT2D eigenvalue weighted by Gasteiger charge is -2.22. The second-order valence-electron chi connectivity index (χ2n) is 5.09. The van der Waals surface area contributed by atoms with Crippen molar-refractivity contribution in [1.29, 1.82) is 0 Å². The van der Waals surface area contributed by atoms with E-state index < -0.39 is 16.1 Å². The fourth-order valence-electron chi connectivity index (χ4n) is 2.52. The van der Waals surface area contributed by atoms with Gasteiger partial charge >= 0.3 is 0 Å². The average Bonchev–Trinajstić information content (AvgIpc) is 2.97. The summed E-state index contributed by atoms with van der Waals surface area (Å²) in [7, 11) is -0.368. The van der Waals surface area contributed by atoms with E-state index in [1.54, 1.807) is 18.2 Å². The van der Waals surface area contributed by atoms with Crippen LogP contribution in [0.5, 0.6) is 11.5 Å². The SMILES string of the molecule is COc1ccc(NC(=O)[C@H]2CCCN2S(C)(=O)=O)c(OC)c1. The Morgan fingerprint density at radius 1 is 1.32 bits per heavy atom. The molecular formula is C14H20N2O5S. The number of carbonyl (C=O) groups excluding carboxylic acids is 1. The topological polar surface area (TPSA) is 84.9 Å². The summed E-state index contributed by atoms with van der Waals surface area (Å²) in [5.41, 5.74) is 0.480. The summed E-state index contributed by atoms with van der Waals surface area (Å²) in [4.78, 5) is 12.4. The van der Waals surface area contributed by atoms with Crippen molar-refractivity contribution in [2.45, 2.75) is 18.9 Å². The van der Waals surface area contributed by atoms with Gasteiger partial charge in [0.2, 0.25) is 15.9 Å². The standard InChI is InChI=1S/C14H20N2O5S/c1-20-10-6-7-11(13(9-10)21-2)15-14(17)12-5-4-8-16(12)22(3,18)19/h6-7,9,12H,4-5,8H2,1-3H3,(H,15,17)/t12-/m1/s1. The number of sulfonamides is 1. The van der Waals surface area contributed by atoms with E-state index >= 15 is 0 Å². The zero-order valence-corrected chi connectivity index (χ0v) is 13.6. The molecule has 0 aliphatic carbocycles. The van der Waals surface area contributed by atoms with Crippen LogP contribution in [0.4, 0.5) is 5.69 Å². The van der Waals surface area contributed by atoms with Gasteiger partial charge in [0.05, 0.1) is 26.2 Å². The molecule has 0 bridgehead atoms. The zero-order chi connectivity index (χ0) is 16.3. The molecule has 1 aromatic rings. The molecule has 122 valence electrons. The Labute approximate surface area is 130 Å². The van der Waals surface area contributed by atoms with Crippen LogP contribution < -0.4 is 14.8 Å². The molecule has 1 saturated heterocycles. The van der Waals surface area contributed by atoms with E-state index in [0.29, 0.717) is 36.6 Å². The molecule has 0 saturated carbocycles. The van der Waals surface area contributed by atoms with Crippen LogP contribution in [0.3, 0.4) is 0 Å². The van der Waals surface area contributed by atoms with E-state index in [0.717, 1.165) is 6.26 Å². The monoisotopic (exact) mass is 328 g/mol. The first-order valence-corrected chi connectivity index (χ1v) is 8.71. The number of carbonyl (C=O) groups is 1. The molecule has 0 unspecified atom stereocenters. The summed E-state index contributed by atoms with van der Waals surface area (Å²) in [6, 6.07) is 4.33. The Hall–Kier alpha value is -1.80. The minimum atomic E-state index is -3.39. The predicted octanol–water partition coefficient (Wildman–Crippen LogP) is 1.07. The third-order valence-electron chi connectivity index (χ3n) is 3.60. The quantitative estimate of drug-likeness (QED) is 0.874. The molecule has 0 aromatic heterocycles. The highest BCUT2D eigenvalue weighted by molar-refractivity contribution is 7.88. The number of methoxy groups -OCH3 is 2. The Kier molecular flexibility index (Phi) is 4.92. The first-order valence-electron chi connectivity index (χ1n) is 6.86. The van der Waals surface area contributed by atoms with Crippen molar-refractivity contribution in [3.05, 3.63) is 18.2 Å². The normalized spacial score (nSPS) is 19.0. The van der Waals surface area contributed by atoms with Gasteiger partial charge in [0.1, 0.15) is 17.5 Å². The number of hydrogen-bond donors (Lipinski definition) is 1. The van der Waals surface area contributed by atoms with E-state index in [1.165, 1.54) is 18.5 Å². The molecule has 1 aliphatic rings. The zero-order valence-electron chi connectivity index (χ0n) is 12.8. The highest BCUT2D eigenvalue weighted by Gasteiger charge is 2.36. The molecule has 1 heterocycles. The van der Waals surface area contributed by atoms with Gasteiger partial charge in [-0.05, 0) is 25.0 Å². The van der Waals surface area contributed by atoms with Crippen molar-refractivity contribution >= 4 is 21.6 Å². The Morgan fingerprint density at radius 2 is 2.05 bits per heavy atom. The fourth-order valence-corrected chi connectivity index (χ4v) is 3.64. The van der Waals surface area contributed by atoms with Crippen LogP contribution >= 0.6 is 0 Å². The number of rotatable bonds is 5. The molecule has 8 heteroatoms. The smallest absolute Gasteiger partial charge is 0.242 e. The maximum atomic E-state index is 12.4. The van der Waals surface area contributed by atoms with Crippen molar-refractivity contribution in [3.63, 3.8) is 0 Å². The van der Waals surface area contributed by atoms with Gasteiger partial charge in [-0.15, -0.1) is 0 Å². The maximum Gasteiger partial charge on any atom is 0.242 e. The molecule has 2 rings (SSSR count). The van der Waals surface area contributed by atoms with Gasteiger partial charge in [0.25, 0.3) is 0 Å².